The van der Waals surface area contributed by atoms with E-state index in [2.05, 4.69) is 40.0 Å². The largest absolute Gasteiger partial charge is 0.369 e. The number of benzene rings is 2. The first kappa shape index (κ1) is 13.5. The summed E-state index contributed by atoms with van der Waals surface area (Å²) in [6.45, 7) is 2.11. The van der Waals surface area contributed by atoms with E-state index < -0.39 is 0 Å². The second-order valence-electron chi connectivity index (χ2n) is 4.70. The number of rotatable bonds is 2. The van der Waals surface area contributed by atoms with Crippen molar-refractivity contribution in [2.45, 2.75) is 13.0 Å². The average molecular weight is 351 g/mol. The van der Waals surface area contributed by atoms with Crippen LogP contribution >= 0.6 is 27.5 Å². The quantitative estimate of drug-likeness (QED) is 0.731. The number of anilines is 1. The van der Waals surface area contributed by atoms with Gasteiger partial charge < -0.3 is 10.3 Å². The van der Waals surface area contributed by atoms with Crippen LogP contribution in [0.4, 0.5) is 5.95 Å². The summed E-state index contributed by atoms with van der Waals surface area (Å²) in [5.41, 5.74) is 9.05. The van der Waals surface area contributed by atoms with Gasteiger partial charge in [0.25, 0.3) is 0 Å². The highest BCUT2D eigenvalue weighted by atomic mass is 79.9. The number of hydrogen-bond donors (Lipinski definition) is 1. The molecular weight excluding hydrogens is 338 g/mol. The van der Waals surface area contributed by atoms with Gasteiger partial charge in [-0.05, 0) is 42.8 Å². The van der Waals surface area contributed by atoms with E-state index in [0.717, 1.165) is 15.5 Å². The van der Waals surface area contributed by atoms with Crippen LogP contribution in [0.15, 0.2) is 46.9 Å². The molecule has 3 aromatic rings. The summed E-state index contributed by atoms with van der Waals surface area (Å²) in [5, 5.41) is 0.665. The van der Waals surface area contributed by atoms with Gasteiger partial charge in [-0.25, -0.2) is 4.98 Å². The van der Waals surface area contributed by atoms with Crippen LogP contribution in [0, 0.1) is 0 Å². The third-order valence-electron chi connectivity index (χ3n) is 3.42. The van der Waals surface area contributed by atoms with Gasteiger partial charge in [0.15, 0.2) is 0 Å². The second kappa shape index (κ2) is 5.11. The van der Waals surface area contributed by atoms with Crippen LogP contribution < -0.4 is 5.73 Å². The molecule has 20 heavy (non-hydrogen) atoms. The van der Waals surface area contributed by atoms with Gasteiger partial charge >= 0.3 is 0 Å². The molecule has 3 rings (SSSR count). The van der Waals surface area contributed by atoms with Gasteiger partial charge in [0.1, 0.15) is 0 Å². The summed E-state index contributed by atoms with van der Waals surface area (Å²) in [5.74, 6) is 0.498. The number of imidazole rings is 1. The molecule has 0 amide bonds. The topological polar surface area (TPSA) is 43.8 Å². The van der Waals surface area contributed by atoms with E-state index in [1.165, 1.54) is 5.56 Å². The average Bonchev–Trinajstić information content (AvgIpc) is 2.73. The SMILES string of the molecule is CC(c1ccc(Br)cc1)n1c(N)nc2cc(Cl)ccc21. The maximum Gasteiger partial charge on any atom is 0.201 e. The predicted octanol–water partition coefficient (Wildman–Crippen LogP) is 4.64. The van der Waals surface area contributed by atoms with Gasteiger partial charge in [0, 0.05) is 9.50 Å². The zero-order chi connectivity index (χ0) is 14.3. The Morgan fingerprint density at radius 1 is 1.20 bits per heavy atom. The molecule has 0 aliphatic heterocycles. The summed E-state index contributed by atoms with van der Waals surface area (Å²) in [4.78, 5) is 4.39. The first-order chi connectivity index (χ1) is 9.56. The predicted molar refractivity (Wildman–Crippen MR) is 87.1 cm³/mol. The molecular formula is C15H13BrClN3. The second-order valence-corrected chi connectivity index (χ2v) is 6.05. The first-order valence-electron chi connectivity index (χ1n) is 6.24. The summed E-state index contributed by atoms with van der Waals surface area (Å²) >= 11 is 9.45. The zero-order valence-electron chi connectivity index (χ0n) is 10.8. The lowest BCUT2D eigenvalue weighted by Crippen LogP contribution is -2.10. The highest BCUT2D eigenvalue weighted by Gasteiger charge is 2.15. The smallest absolute Gasteiger partial charge is 0.201 e. The van der Waals surface area contributed by atoms with Gasteiger partial charge in [-0.3, -0.25) is 0 Å². The molecule has 1 unspecified atom stereocenters. The van der Waals surface area contributed by atoms with Crippen LogP contribution in [-0.4, -0.2) is 9.55 Å². The van der Waals surface area contributed by atoms with E-state index in [1.54, 1.807) is 0 Å². The Kier molecular flexibility index (Phi) is 3.44. The lowest BCUT2D eigenvalue weighted by Gasteiger charge is -2.16. The number of nitrogens with two attached hydrogens (primary N) is 1. The Morgan fingerprint density at radius 2 is 1.90 bits per heavy atom. The molecule has 2 aromatic carbocycles. The lowest BCUT2D eigenvalue weighted by atomic mass is 10.1. The fourth-order valence-electron chi connectivity index (χ4n) is 2.39. The summed E-state index contributed by atoms with van der Waals surface area (Å²) < 4.78 is 3.08. The Morgan fingerprint density at radius 3 is 2.60 bits per heavy atom. The minimum atomic E-state index is 0.106. The Labute approximate surface area is 130 Å². The normalized spacial score (nSPS) is 12.8. The van der Waals surface area contributed by atoms with Crippen molar-refractivity contribution < 1.29 is 0 Å². The molecule has 0 fully saturated rings. The van der Waals surface area contributed by atoms with Gasteiger partial charge in [-0.1, -0.05) is 39.7 Å². The molecule has 1 aromatic heterocycles. The van der Waals surface area contributed by atoms with E-state index in [0.29, 0.717) is 11.0 Å². The molecule has 0 saturated carbocycles. The molecule has 1 heterocycles. The van der Waals surface area contributed by atoms with Gasteiger partial charge in [-0.2, -0.15) is 0 Å². The summed E-state index contributed by atoms with van der Waals surface area (Å²) in [7, 11) is 0. The Balaban J connectivity index is 2.13. The Bertz CT molecular complexity index is 765. The van der Waals surface area contributed by atoms with E-state index in [-0.39, 0.29) is 6.04 Å². The first-order valence-corrected chi connectivity index (χ1v) is 7.42. The molecule has 5 heteroatoms. The molecule has 0 aliphatic rings. The number of nitrogen functional groups attached to an aromatic ring is 1. The highest BCUT2D eigenvalue weighted by molar-refractivity contribution is 9.10. The molecule has 0 radical (unpaired) electrons. The fraction of sp³-hybridized carbons (Fsp3) is 0.133. The number of aromatic nitrogens is 2. The van der Waals surface area contributed by atoms with Crippen molar-refractivity contribution in [3.8, 4) is 0 Å². The molecule has 0 saturated heterocycles. The van der Waals surface area contributed by atoms with Crippen molar-refractivity contribution in [3.63, 3.8) is 0 Å². The van der Waals surface area contributed by atoms with Crippen LogP contribution in [0.3, 0.4) is 0 Å². The maximum atomic E-state index is 6.07. The summed E-state index contributed by atoms with van der Waals surface area (Å²) in [6.07, 6.45) is 0. The van der Waals surface area contributed by atoms with Crippen LogP contribution in [0.25, 0.3) is 11.0 Å². The molecule has 0 aliphatic carbocycles. The number of halogens is 2. The zero-order valence-corrected chi connectivity index (χ0v) is 13.2. The number of fused-ring (bicyclic) bond motifs is 1. The fourth-order valence-corrected chi connectivity index (χ4v) is 2.82. The van der Waals surface area contributed by atoms with Gasteiger partial charge in [-0.15, -0.1) is 0 Å². The summed E-state index contributed by atoms with van der Waals surface area (Å²) in [6, 6.07) is 14.0. The van der Waals surface area contributed by atoms with Crippen molar-refractivity contribution in [2.75, 3.05) is 5.73 Å². The molecule has 1 atom stereocenters. The number of nitrogens with zero attached hydrogens (tertiary/aromatic N) is 2. The standard InChI is InChI=1S/C15H13BrClN3/c1-9(10-2-4-11(16)5-3-10)20-14-7-6-12(17)8-13(14)19-15(20)18/h2-9H,1H3,(H2,18,19). The van der Waals surface area contributed by atoms with E-state index in [9.17, 15) is 0 Å². The van der Waals surface area contributed by atoms with Gasteiger partial charge in [0.2, 0.25) is 5.95 Å². The van der Waals surface area contributed by atoms with Crippen LogP contribution in [-0.2, 0) is 0 Å². The van der Waals surface area contributed by atoms with Crippen molar-refractivity contribution in [2.24, 2.45) is 0 Å². The molecule has 102 valence electrons. The van der Waals surface area contributed by atoms with E-state index in [4.69, 9.17) is 17.3 Å². The van der Waals surface area contributed by atoms with Crippen molar-refractivity contribution in [1.29, 1.82) is 0 Å². The van der Waals surface area contributed by atoms with Crippen LogP contribution in [0.2, 0.25) is 5.02 Å². The van der Waals surface area contributed by atoms with Crippen LogP contribution in [0.1, 0.15) is 18.5 Å². The van der Waals surface area contributed by atoms with Crippen LogP contribution in [0.5, 0.6) is 0 Å². The van der Waals surface area contributed by atoms with E-state index >= 15 is 0 Å². The van der Waals surface area contributed by atoms with Crippen molar-refractivity contribution >= 4 is 44.5 Å². The van der Waals surface area contributed by atoms with E-state index in [1.807, 2.05) is 34.9 Å². The Hall–Kier alpha value is -1.52. The minimum Gasteiger partial charge on any atom is -0.369 e. The monoisotopic (exact) mass is 349 g/mol. The molecule has 2 N–H and O–H groups in total. The third-order valence-corrected chi connectivity index (χ3v) is 4.18. The lowest BCUT2D eigenvalue weighted by molar-refractivity contribution is 0.668. The number of hydrogen-bond acceptors (Lipinski definition) is 2. The van der Waals surface area contributed by atoms with Crippen molar-refractivity contribution in [3.05, 3.63) is 57.5 Å². The third kappa shape index (κ3) is 2.30. The van der Waals surface area contributed by atoms with Gasteiger partial charge in [0.05, 0.1) is 17.1 Å². The molecule has 0 spiro atoms. The minimum absolute atomic E-state index is 0.106. The highest BCUT2D eigenvalue weighted by Crippen LogP contribution is 2.29. The molecule has 0 bridgehead atoms. The molecule has 3 nitrogen and oxygen atoms in total. The van der Waals surface area contributed by atoms with Crippen molar-refractivity contribution in [1.82, 2.24) is 9.55 Å². The maximum absolute atomic E-state index is 6.07.